The number of nitrogens with zero attached hydrogens (tertiary/aromatic N) is 2. The highest BCUT2D eigenvalue weighted by molar-refractivity contribution is 8.00. The summed E-state index contributed by atoms with van der Waals surface area (Å²) in [5, 5.41) is 8.28. The van der Waals surface area contributed by atoms with Crippen molar-refractivity contribution in [1.82, 2.24) is 10.9 Å². The van der Waals surface area contributed by atoms with Crippen molar-refractivity contribution in [2.45, 2.75) is 13.8 Å². The first-order chi connectivity index (χ1) is 7.91. The summed E-state index contributed by atoms with van der Waals surface area (Å²) in [5.74, 6) is 1.52. The molecule has 0 saturated heterocycles. The van der Waals surface area contributed by atoms with E-state index >= 15 is 0 Å². The van der Waals surface area contributed by atoms with Gasteiger partial charge in [0.1, 0.15) is 0 Å². The van der Waals surface area contributed by atoms with E-state index in [1.807, 2.05) is 13.8 Å². The Kier molecular flexibility index (Phi) is 8.64. The maximum atomic E-state index is 5.24. The Bertz CT molecular complexity index is 306. The Hall–Kier alpha value is -0.930. The molecule has 0 unspecified atom stereocenters. The zero-order valence-electron chi connectivity index (χ0n) is 9.69. The molecule has 0 bridgehead atoms. The number of nitrogens with two attached hydrogens (primary N) is 2. The van der Waals surface area contributed by atoms with Crippen molar-refractivity contribution in [3.63, 3.8) is 0 Å². The predicted molar refractivity (Wildman–Crippen MR) is 83.4 cm³/mol. The Morgan fingerprint density at radius 1 is 1.00 bits per heavy atom. The summed E-state index contributed by atoms with van der Waals surface area (Å²) in [7, 11) is 0. The summed E-state index contributed by atoms with van der Waals surface area (Å²) >= 11 is 10.9. The van der Waals surface area contributed by atoms with E-state index in [2.05, 4.69) is 45.5 Å². The van der Waals surface area contributed by atoms with Crippen LogP contribution in [-0.2, 0) is 0 Å². The van der Waals surface area contributed by atoms with Crippen LogP contribution in [0.1, 0.15) is 13.8 Å². The maximum Gasteiger partial charge on any atom is 0.184 e. The first-order valence-corrected chi connectivity index (χ1v) is 6.64. The van der Waals surface area contributed by atoms with Crippen molar-refractivity contribution in [3.05, 3.63) is 0 Å². The van der Waals surface area contributed by atoms with Gasteiger partial charge in [-0.1, -0.05) is 0 Å². The van der Waals surface area contributed by atoms with Gasteiger partial charge in [-0.25, -0.2) is 0 Å². The highest BCUT2D eigenvalue weighted by Gasteiger charge is 1.96. The average molecular weight is 292 g/mol. The molecule has 0 aromatic heterocycles. The third-order valence-electron chi connectivity index (χ3n) is 1.34. The molecule has 0 aliphatic rings. The van der Waals surface area contributed by atoms with E-state index in [0.29, 0.717) is 0 Å². The molecule has 0 aliphatic heterocycles. The Morgan fingerprint density at radius 2 is 1.35 bits per heavy atom. The predicted octanol–water partition coefficient (Wildman–Crippen LogP) is 0.138. The number of rotatable bonds is 6. The fraction of sp³-hybridized carbons (Fsp3) is 0.500. The fourth-order valence-corrected chi connectivity index (χ4v) is 1.63. The molecular formula is C8H16N6S3. The summed E-state index contributed by atoms with van der Waals surface area (Å²) in [4.78, 5) is 0. The number of hydrogen-bond donors (Lipinski definition) is 4. The number of hydrazone groups is 2. The monoisotopic (exact) mass is 292 g/mol. The van der Waals surface area contributed by atoms with Crippen LogP contribution in [0.2, 0.25) is 0 Å². The highest BCUT2D eigenvalue weighted by Crippen LogP contribution is 2.01. The van der Waals surface area contributed by atoms with Gasteiger partial charge in [-0.2, -0.15) is 10.2 Å². The average Bonchev–Trinajstić information content (AvgIpc) is 2.23. The summed E-state index contributed by atoms with van der Waals surface area (Å²) in [6.07, 6.45) is 0. The molecular weight excluding hydrogens is 276 g/mol. The molecule has 6 nitrogen and oxygen atoms in total. The molecule has 9 heteroatoms. The van der Waals surface area contributed by atoms with Crippen LogP contribution in [0.3, 0.4) is 0 Å². The van der Waals surface area contributed by atoms with E-state index in [-0.39, 0.29) is 10.2 Å². The van der Waals surface area contributed by atoms with Crippen LogP contribution in [0, 0.1) is 0 Å². The smallest absolute Gasteiger partial charge is 0.184 e. The Labute approximate surface area is 116 Å². The molecule has 0 spiro atoms. The maximum absolute atomic E-state index is 5.24. The van der Waals surface area contributed by atoms with Gasteiger partial charge in [-0.05, 0) is 38.3 Å². The van der Waals surface area contributed by atoms with Gasteiger partial charge in [0.25, 0.3) is 0 Å². The molecule has 0 rings (SSSR count). The molecule has 0 aliphatic carbocycles. The van der Waals surface area contributed by atoms with Gasteiger partial charge in [0, 0.05) is 22.9 Å². The van der Waals surface area contributed by atoms with Crippen molar-refractivity contribution in [3.8, 4) is 0 Å². The molecule has 0 aromatic rings. The third kappa shape index (κ3) is 11.3. The van der Waals surface area contributed by atoms with E-state index in [9.17, 15) is 0 Å². The summed E-state index contributed by atoms with van der Waals surface area (Å²) in [5.41, 5.74) is 17.3. The van der Waals surface area contributed by atoms with Crippen LogP contribution in [0.25, 0.3) is 0 Å². The Balaban J connectivity index is 3.83. The van der Waals surface area contributed by atoms with Crippen LogP contribution < -0.4 is 22.3 Å². The van der Waals surface area contributed by atoms with Crippen molar-refractivity contribution in [2.24, 2.45) is 21.7 Å². The van der Waals surface area contributed by atoms with E-state index < -0.39 is 0 Å². The normalized spacial score (nSPS) is 12.1. The molecule has 0 heterocycles. The van der Waals surface area contributed by atoms with Gasteiger partial charge in [0.2, 0.25) is 0 Å². The minimum atomic E-state index is 0.160. The second-order valence-corrected chi connectivity index (χ2v) is 5.00. The first-order valence-electron chi connectivity index (χ1n) is 4.66. The lowest BCUT2D eigenvalue weighted by Crippen LogP contribution is -2.26. The second kappa shape index (κ2) is 9.14. The lowest BCUT2D eigenvalue weighted by atomic mass is 10.5. The van der Waals surface area contributed by atoms with Gasteiger partial charge >= 0.3 is 0 Å². The van der Waals surface area contributed by atoms with Crippen LogP contribution >= 0.6 is 36.2 Å². The largest absolute Gasteiger partial charge is 0.375 e. The van der Waals surface area contributed by atoms with Crippen LogP contribution in [0.5, 0.6) is 0 Å². The Morgan fingerprint density at radius 3 is 1.65 bits per heavy atom. The quantitative estimate of drug-likeness (QED) is 0.314. The molecule has 96 valence electrons. The van der Waals surface area contributed by atoms with Crippen LogP contribution in [-0.4, -0.2) is 33.2 Å². The molecule has 0 fully saturated rings. The number of hydrogen-bond acceptors (Lipinski definition) is 5. The third-order valence-corrected chi connectivity index (χ3v) is 2.76. The second-order valence-electron chi connectivity index (χ2n) is 3.14. The molecule has 0 radical (unpaired) electrons. The summed E-state index contributed by atoms with van der Waals surface area (Å²) in [6, 6.07) is 0. The van der Waals surface area contributed by atoms with E-state index in [1.54, 1.807) is 11.8 Å². The summed E-state index contributed by atoms with van der Waals surface area (Å²) < 4.78 is 0. The van der Waals surface area contributed by atoms with Crippen molar-refractivity contribution in [1.29, 1.82) is 0 Å². The number of thioether (sulfide) groups is 1. The fourth-order valence-electron chi connectivity index (χ4n) is 0.712. The van der Waals surface area contributed by atoms with Gasteiger partial charge in [0.15, 0.2) is 10.2 Å². The molecule has 0 amide bonds. The zero-order chi connectivity index (χ0) is 13.3. The standard InChI is InChI=1S/C8H16N6S3/c1-5(11-13-7(9)15)3-17-4-6(2)12-14-8(10)16/h3-4H2,1-2H3,(H3,9,13,15)(H3,10,14,16)/b11-5-,12-6+. The van der Waals surface area contributed by atoms with Crippen molar-refractivity contribution < 1.29 is 0 Å². The first kappa shape index (κ1) is 16.1. The van der Waals surface area contributed by atoms with Gasteiger partial charge in [-0.15, -0.1) is 11.8 Å². The topological polar surface area (TPSA) is 101 Å². The highest BCUT2D eigenvalue weighted by atomic mass is 32.2. The minimum absolute atomic E-state index is 0.160. The van der Waals surface area contributed by atoms with Gasteiger partial charge in [0.05, 0.1) is 0 Å². The van der Waals surface area contributed by atoms with E-state index in [4.69, 9.17) is 11.5 Å². The van der Waals surface area contributed by atoms with Crippen molar-refractivity contribution in [2.75, 3.05) is 11.5 Å². The van der Waals surface area contributed by atoms with E-state index in [0.717, 1.165) is 22.9 Å². The van der Waals surface area contributed by atoms with E-state index in [1.165, 1.54) is 0 Å². The number of nitrogens with one attached hydrogen (secondary N) is 2. The lowest BCUT2D eigenvalue weighted by molar-refractivity contribution is 1.03. The molecule has 6 N–H and O–H groups in total. The molecule has 17 heavy (non-hydrogen) atoms. The molecule has 0 saturated carbocycles. The SMILES string of the molecule is C/C(CSC/C(C)=N/NC(N)=S)=N/NC(N)=S. The van der Waals surface area contributed by atoms with Crippen LogP contribution in [0.4, 0.5) is 0 Å². The minimum Gasteiger partial charge on any atom is -0.375 e. The molecule has 0 aromatic carbocycles. The summed E-state index contributed by atoms with van der Waals surface area (Å²) in [6.45, 7) is 3.77. The lowest BCUT2D eigenvalue weighted by Gasteiger charge is -2.03. The van der Waals surface area contributed by atoms with Crippen LogP contribution in [0.15, 0.2) is 10.2 Å². The zero-order valence-corrected chi connectivity index (χ0v) is 12.1. The van der Waals surface area contributed by atoms with Crippen molar-refractivity contribution >= 4 is 57.8 Å². The molecule has 0 atom stereocenters. The van der Waals surface area contributed by atoms with Gasteiger partial charge < -0.3 is 11.5 Å². The van der Waals surface area contributed by atoms with Gasteiger partial charge in [-0.3, -0.25) is 10.9 Å². The number of thiocarbonyl (C=S) groups is 2.